The van der Waals surface area contributed by atoms with Crippen molar-refractivity contribution in [2.24, 2.45) is 5.41 Å². The molecule has 0 unspecified atom stereocenters. The molecular formula is C15H21BrN2O2. The molecule has 0 saturated heterocycles. The van der Waals surface area contributed by atoms with Crippen LogP contribution in [-0.2, 0) is 0 Å². The number of hydrogen-bond acceptors (Lipinski definition) is 3. The predicted molar refractivity (Wildman–Crippen MR) is 85.2 cm³/mol. The van der Waals surface area contributed by atoms with Crippen LogP contribution in [0.1, 0.15) is 44.6 Å². The molecule has 0 spiro atoms. The van der Waals surface area contributed by atoms with Gasteiger partial charge in [0.05, 0.1) is 4.92 Å². The molecule has 1 saturated carbocycles. The minimum atomic E-state index is -0.339. The van der Waals surface area contributed by atoms with Crippen LogP contribution in [0.25, 0.3) is 0 Å². The number of benzene rings is 1. The third-order valence-electron chi connectivity index (χ3n) is 4.55. The van der Waals surface area contributed by atoms with E-state index in [0.29, 0.717) is 11.0 Å². The fourth-order valence-corrected chi connectivity index (χ4v) is 3.54. The monoisotopic (exact) mass is 340 g/mol. The summed E-state index contributed by atoms with van der Waals surface area (Å²) < 4.78 is 0.763. The van der Waals surface area contributed by atoms with Gasteiger partial charge in [0, 0.05) is 28.3 Å². The summed E-state index contributed by atoms with van der Waals surface area (Å²) >= 11 is 3.43. The molecule has 0 radical (unpaired) electrons. The van der Waals surface area contributed by atoms with Gasteiger partial charge in [0.25, 0.3) is 5.69 Å². The minimum absolute atomic E-state index is 0.161. The van der Waals surface area contributed by atoms with Gasteiger partial charge in [-0.05, 0) is 53.6 Å². The van der Waals surface area contributed by atoms with E-state index in [1.807, 2.05) is 6.07 Å². The Bertz CT molecular complexity index is 511. The Hall–Kier alpha value is -1.10. The van der Waals surface area contributed by atoms with Crippen LogP contribution in [0.2, 0.25) is 0 Å². The first-order chi connectivity index (χ1) is 9.47. The fraction of sp³-hybridized carbons (Fsp3) is 0.600. The van der Waals surface area contributed by atoms with Crippen molar-refractivity contribution in [1.82, 2.24) is 0 Å². The van der Waals surface area contributed by atoms with E-state index >= 15 is 0 Å². The highest BCUT2D eigenvalue weighted by Gasteiger charge is 2.31. The maximum absolute atomic E-state index is 10.9. The number of nitro groups is 1. The molecule has 1 aromatic rings. The van der Waals surface area contributed by atoms with E-state index in [2.05, 4.69) is 28.2 Å². The first-order valence-electron chi connectivity index (χ1n) is 7.16. The van der Waals surface area contributed by atoms with E-state index < -0.39 is 0 Å². The molecule has 0 aliphatic heterocycles. The lowest BCUT2D eigenvalue weighted by atomic mass is 9.83. The molecule has 110 valence electrons. The van der Waals surface area contributed by atoms with Crippen molar-refractivity contribution in [3.05, 3.63) is 32.3 Å². The lowest BCUT2D eigenvalue weighted by Crippen LogP contribution is -2.26. The van der Waals surface area contributed by atoms with E-state index in [-0.39, 0.29) is 10.6 Å². The Balaban J connectivity index is 2.14. The second kappa shape index (κ2) is 6.12. The number of anilines is 1. The Morgan fingerprint density at radius 2 is 2.05 bits per heavy atom. The Morgan fingerprint density at radius 3 is 2.60 bits per heavy atom. The van der Waals surface area contributed by atoms with E-state index in [1.165, 1.54) is 32.1 Å². The van der Waals surface area contributed by atoms with Crippen molar-refractivity contribution >= 4 is 27.3 Å². The van der Waals surface area contributed by atoms with E-state index in [4.69, 9.17) is 0 Å². The summed E-state index contributed by atoms with van der Waals surface area (Å²) in [5.41, 5.74) is 2.20. The zero-order valence-electron chi connectivity index (χ0n) is 12.0. The molecule has 0 aromatic heterocycles. The second-order valence-corrected chi connectivity index (χ2v) is 6.64. The van der Waals surface area contributed by atoms with Gasteiger partial charge < -0.3 is 5.32 Å². The smallest absolute Gasteiger partial charge is 0.273 e. The topological polar surface area (TPSA) is 55.2 Å². The lowest BCUT2D eigenvalue weighted by molar-refractivity contribution is -0.385. The summed E-state index contributed by atoms with van der Waals surface area (Å²) in [7, 11) is 0. The number of hydrogen-bond donors (Lipinski definition) is 1. The van der Waals surface area contributed by atoms with Gasteiger partial charge in [-0.3, -0.25) is 10.1 Å². The molecule has 0 atom stereocenters. The van der Waals surface area contributed by atoms with Gasteiger partial charge in [-0.2, -0.15) is 0 Å². The van der Waals surface area contributed by atoms with Crippen molar-refractivity contribution in [3.8, 4) is 0 Å². The number of nitro benzene ring substituents is 1. The van der Waals surface area contributed by atoms with Crippen LogP contribution in [0.4, 0.5) is 11.4 Å². The average molecular weight is 341 g/mol. The zero-order valence-corrected chi connectivity index (χ0v) is 13.6. The summed E-state index contributed by atoms with van der Waals surface area (Å²) in [6.45, 7) is 4.98. The van der Waals surface area contributed by atoms with Crippen LogP contribution in [0, 0.1) is 22.5 Å². The zero-order chi connectivity index (χ0) is 14.8. The van der Waals surface area contributed by atoms with Gasteiger partial charge in [0.2, 0.25) is 0 Å². The molecule has 1 N–H and O–H groups in total. The Labute approximate surface area is 128 Å². The van der Waals surface area contributed by atoms with Crippen LogP contribution in [0.15, 0.2) is 16.6 Å². The number of rotatable bonds is 5. The van der Waals surface area contributed by atoms with Crippen LogP contribution >= 0.6 is 15.9 Å². The largest absolute Gasteiger partial charge is 0.384 e. The SMILES string of the molecule is CCC1(CNc2cc(C)c([N+](=O)[O-])cc2Br)CCCC1. The van der Waals surface area contributed by atoms with Crippen molar-refractivity contribution in [3.63, 3.8) is 0 Å². The van der Waals surface area contributed by atoms with Crippen molar-refractivity contribution in [2.75, 3.05) is 11.9 Å². The van der Waals surface area contributed by atoms with Crippen LogP contribution < -0.4 is 5.32 Å². The Morgan fingerprint density at radius 1 is 1.40 bits per heavy atom. The molecule has 0 amide bonds. The van der Waals surface area contributed by atoms with Crippen molar-refractivity contribution < 1.29 is 4.92 Å². The summed E-state index contributed by atoms with van der Waals surface area (Å²) in [4.78, 5) is 10.6. The minimum Gasteiger partial charge on any atom is -0.384 e. The molecule has 5 heteroatoms. The summed E-state index contributed by atoms with van der Waals surface area (Å²) in [6, 6.07) is 3.45. The molecule has 0 bridgehead atoms. The first kappa shape index (κ1) is 15.3. The van der Waals surface area contributed by atoms with Gasteiger partial charge in [0.15, 0.2) is 0 Å². The van der Waals surface area contributed by atoms with E-state index in [9.17, 15) is 10.1 Å². The molecule has 0 heterocycles. The van der Waals surface area contributed by atoms with Gasteiger partial charge in [0.1, 0.15) is 0 Å². The van der Waals surface area contributed by atoms with Crippen LogP contribution in [0.5, 0.6) is 0 Å². The van der Waals surface area contributed by atoms with Crippen molar-refractivity contribution in [1.29, 1.82) is 0 Å². The predicted octanol–water partition coefficient (Wildman–Crippen LogP) is 5.05. The molecular weight excluding hydrogens is 320 g/mol. The number of halogens is 1. The average Bonchev–Trinajstić information content (AvgIpc) is 2.88. The number of nitrogens with zero attached hydrogens (tertiary/aromatic N) is 1. The Kier molecular flexibility index (Phi) is 4.68. The molecule has 20 heavy (non-hydrogen) atoms. The van der Waals surface area contributed by atoms with Crippen LogP contribution in [0.3, 0.4) is 0 Å². The van der Waals surface area contributed by atoms with Crippen LogP contribution in [-0.4, -0.2) is 11.5 Å². The standard InChI is InChI=1S/C15H21BrN2O2/c1-3-15(6-4-5-7-15)10-17-13-8-11(2)14(18(19)20)9-12(13)16/h8-9,17H,3-7,10H2,1-2H3. The normalized spacial score (nSPS) is 17.1. The number of aryl methyl sites for hydroxylation is 1. The second-order valence-electron chi connectivity index (χ2n) is 5.79. The van der Waals surface area contributed by atoms with Gasteiger partial charge >= 0.3 is 0 Å². The van der Waals surface area contributed by atoms with E-state index in [0.717, 1.165) is 16.7 Å². The fourth-order valence-electron chi connectivity index (χ4n) is 3.07. The summed E-state index contributed by atoms with van der Waals surface area (Å²) in [6.07, 6.45) is 6.37. The highest BCUT2D eigenvalue weighted by atomic mass is 79.9. The van der Waals surface area contributed by atoms with Gasteiger partial charge in [-0.15, -0.1) is 0 Å². The molecule has 1 fully saturated rings. The third-order valence-corrected chi connectivity index (χ3v) is 5.21. The number of nitrogens with one attached hydrogen (secondary N) is 1. The first-order valence-corrected chi connectivity index (χ1v) is 7.95. The quantitative estimate of drug-likeness (QED) is 0.602. The molecule has 1 aliphatic carbocycles. The highest BCUT2D eigenvalue weighted by Crippen LogP contribution is 2.41. The highest BCUT2D eigenvalue weighted by molar-refractivity contribution is 9.10. The molecule has 4 nitrogen and oxygen atoms in total. The maximum Gasteiger partial charge on any atom is 0.273 e. The third kappa shape index (κ3) is 3.14. The van der Waals surface area contributed by atoms with E-state index in [1.54, 1.807) is 13.0 Å². The van der Waals surface area contributed by atoms with Gasteiger partial charge in [-0.25, -0.2) is 0 Å². The molecule has 1 aliphatic rings. The summed E-state index contributed by atoms with van der Waals surface area (Å²) in [5.74, 6) is 0. The van der Waals surface area contributed by atoms with Gasteiger partial charge in [-0.1, -0.05) is 19.8 Å². The molecule has 1 aromatic carbocycles. The lowest BCUT2D eigenvalue weighted by Gasteiger charge is -2.28. The maximum atomic E-state index is 10.9. The molecule has 2 rings (SSSR count). The summed E-state index contributed by atoms with van der Waals surface area (Å²) in [5, 5.41) is 14.4. The van der Waals surface area contributed by atoms with Crippen molar-refractivity contribution in [2.45, 2.75) is 46.0 Å².